The van der Waals surface area contributed by atoms with Crippen LogP contribution < -0.4 is 5.32 Å². The monoisotopic (exact) mass is 289 g/mol. The molecule has 0 aliphatic heterocycles. The molecule has 15 heavy (non-hydrogen) atoms. The largest absolute Gasteiger partial charge is 0.350 e. The van der Waals surface area contributed by atoms with Gasteiger partial charge < -0.3 is 5.32 Å². The maximum Gasteiger partial charge on any atom is 0.221 e. The smallest absolute Gasteiger partial charge is 0.221 e. The highest BCUT2D eigenvalue weighted by Crippen LogP contribution is 2.15. The second-order valence-corrected chi connectivity index (χ2v) is 4.51. The number of nitrogens with one attached hydrogen (secondary N) is 1. The fraction of sp³-hybridized carbons (Fsp3) is 0.364. The van der Waals surface area contributed by atoms with E-state index in [9.17, 15) is 4.79 Å². The van der Waals surface area contributed by atoms with Gasteiger partial charge in [-0.25, -0.2) is 0 Å². The van der Waals surface area contributed by atoms with Gasteiger partial charge in [-0.15, -0.1) is 0 Å². The number of hydrogen-bond acceptors (Lipinski definition) is 1. The molecule has 1 amide bonds. The number of carbonyl (C=O) groups is 1. The van der Waals surface area contributed by atoms with Crippen molar-refractivity contribution in [3.63, 3.8) is 0 Å². The summed E-state index contributed by atoms with van der Waals surface area (Å²) in [5.74, 6) is 0.0503. The number of benzene rings is 1. The molecule has 0 aliphatic carbocycles. The summed E-state index contributed by atoms with van der Waals surface area (Å²) in [6, 6.07) is 7.51. The molecule has 2 nitrogen and oxygen atoms in total. The first kappa shape index (κ1) is 12.5. The number of amides is 1. The summed E-state index contributed by atoms with van der Waals surface area (Å²) in [6.45, 7) is 1.95. The van der Waals surface area contributed by atoms with E-state index in [1.807, 2.05) is 31.2 Å². The second-order valence-electron chi connectivity index (χ2n) is 3.28. The van der Waals surface area contributed by atoms with E-state index in [1.165, 1.54) is 0 Å². The Morgan fingerprint density at radius 1 is 1.47 bits per heavy atom. The number of carbonyl (C=O) groups excluding carboxylic acids is 1. The van der Waals surface area contributed by atoms with Crippen molar-refractivity contribution in [1.82, 2.24) is 5.32 Å². The molecule has 0 saturated heterocycles. The van der Waals surface area contributed by atoms with E-state index in [0.717, 1.165) is 5.56 Å². The van der Waals surface area contributed by atoms with Crippen molar-refractivity contribution in [1.29, 1.82) is 0 Å². The van der Waals surface area contributed by atoms with Gasteiger partial charge >= 0.3 is 0 Å². The minimum absolute atomic E-state index is 0.0221. The molecule has 1 N–H and O–H groups in total. The predicted octanol–water partition coefficient (Wildman–Crippen LogP) is 3.30. The lowest BCUT2D eigenvalue weighted by Gasteiger charge is -2.13. The summed E-state index contributed by atoms with van der Waals surface area (Å²) in [5, 5.41) is 4.30. The lowest BCUT2D eigenvalue weighted by Crippen LogP contribution is -2.26. The summed E-state index contributed by atoms with van der Waals surface area (Å²) in [7, 11) is 0. The molecule has 1 rings (SSSR count). The molecule has 0 fully saturated rings. The molecule has 0 saturated carbocycles. The molecule has 0 heterocycles. The van der Waals surface area contributed by atoms with Crippen molar-refractivity contribution in [2.75, 3.05) is 5.33 Å². The van der Waals surface area contributed by atoms with Crippen LogP contribution in [0.3, 0.4) is 0 Å². The van der Waals surface area contributed by atoms with Crippen LogP contribution in [0, 0.1) is 0 Å². The zero-order valence-electron chi connectivity index (χ0n) is 8.47. The van der Waals surface area contributed by atoms with Crippen LogP contribution >= 0.6 is 27.5 Å². The van der Waals surface area contributed by atoms with E-state index in [1.54, 1.807) is 0 Å². The minimum Gasteiger partial charge on any atom is -0.350 e. The topological polar surface area (TPSA) is 29.1 Å². The van der Waals surface area contributed by atoms with Gasteiger partial charge in [0.2, 0.25) is 5.91 Å². The van der Waals surface area contributed by atoms with E-state index >= 15 is 0 Å². The fourth-order valence-corrected chi connectivity index (χ4v) is 1.72. The Morgan fingerprint density at radius 3 is 2.60 bits per heavy atom. The highest BCUT2D eigenvalue weighted by molar-refractivity contribution is 9.09. The van der Waals surface area contributed by atoms with Gasteiger partial charge in [0.1, 0.15) is 0 Å². The normalized spacial score (nSPS) is 12.2. The van der Waals surface area contributed by atoms with Gasteiger partial charge in [-0.2, -0.15) is 0 Å². The summed E-state index contributed by atoms with van der Waals surface area (Å²) >= 11 is 9.01. The quantitative estimate of drug-likeness (QED) is 0.847. The number of alkyl halides is 1. The van der Waals surface area contributed by atoms with Crippen molar-refractivity contribution < 1.29 is 4.79 Å². The van der Waals surface area contributed by atoms with Crippen LogP contribution in [-0.2, 0) is 4.79 Å². The van der Waals surface area contributed by atoms with Crippen LogP contribution in [0.15, 0.2) is 24.3 Å². The van der Waals surface area contributed by atoms with Gasteiger partial charge in [0.15, 0.2) is 0 Å². The van der Waals surface area contributed by atoms with Gasteiger partial charge in [0, 0.05) is 16.8 Å². The van der Waals surface area contributed by atoms with Crippen molar-refractivity contribution >= 4 is 33.4 Å². The molecular formula is C11H13BrClNO. The van der Waals surface area contributed by atoms with Crippen LogP contribution in [0.4, 0.5) is 0 Å². The Balaban J connectivity index is 2.57. The molecule has 0 aromatic heterocycles. The molecule has 1 aromatic carbocycles. The van der Waals surface area contributed by atoms with Gasteiger partial charge in [0.25, 0.3) is 0 Å². The van der Waals surface area contributed by atoms with E-state index in [4.69, 9.17) is 11.6 Å². The van der Waals surface area contributed by atoms with Crippen LogP contribution in [0.25, 0.3) is 0 Å². The van der Waals surface area contributed by atoms with Gasteiger partial charge in [0.05, 0.1) is 6.04 Å². The third-order valence-corrected chi connectivity index (χ3v) is 2.72. The van der Waals surface area contributed by atoms with Crippen molar-refractivity contribution in [3.8, 4) is 0 Å². The number of rotatable bonds is 4. The van der Waals surface area contributed by atoms with Gasteiger partial charge in [-0.3, -0.25) is 4.79 Å². The maximum atomic E-state index is 11.3. The summed E-state index contributed by atoms with van der Waals surface area (Å²) in [4.78, 5) is 11.3. The van der Waals surface area contributed by atoms with Crippen LogP contribution in [0.2, 0.25) is 5.02 Å². The van der Waals surface area contributed by atoms with Crippen molar-refractivity contribution in [2.45, 2.75) is 19.4 Å². The van der Waals surface area contributed by atoms with E-state index in [0.29, 0.717) is 16.8 Å². The Kier molecular flexibility index (Phi) is 5.12. The standard InChI is InChI=1S/C11H13BrClNO/c1-8(14-11(15)6-7-12)9-2-4-10(13)5-3-9/h2-5,8H,6-7H2,1H3,(H,14,15)/t8-/m1/s1. The first-order valence-corrected chi connectivity index (χ1v) is 6.24. The Labute approximate surface area is 103 Å². The van der Waals surface area contributed by atoms with Crippen LogP contribution in [0.1, 0.15) is 24.9 Å². The Bertz CT molecular complexity index is 326. The highest BCUT2D eigenvalue weighted by Gasteiger charge is 2.08. The van der Waals surface area contributed by atoms with E-state index < -0.39 is 0 Å². The highest BCUT2D eigenvalue weighted by atomic mass is 79.9. The van der Waals surface area contributed by atoms with E-state index in [-0.39, 0.29) is 11.9 Å². The second kappa shape index (κ2) is 6.13. The van der Waals surface area contributed by atoms with Crippen LogP contribution in [-0.4, -0.2) is 11.2 Å². The van der Waals surface area contributed by atoms with Crippen LogP contribution in [0.5, 0.6) is 0 Å². The molecule has 1 aromatic rings. The van der Waals surface area contributed by atoms with Gasteiger partial charge in [-0.1, -0.05) is 39.7 Å². The van der Waals surface area contributed by atoms with Gasteiger partial charge in [-0.05, 0) is 24.6 Å². The first-order valence-electron chi connectivity index (χ1n) is 4.74. The predicted molar refractivity (Wildman–Crippen MR) is 66.4 cm³/mol. The molecule has 1 atom stereocenters. The van der Waals surface area contributed by atoms with Crippen molar-refractivity contribution in [2.24, 2.45) is 0 Å². The molecule has 0 aliphatic rings. The lowest BCUT2D eigenvalue weighted by atomic mass is 10.1. The lowest BCUT2D eigenvalue weighted by molar-refractivity contribution is -0.121. The average Bonchev–Trinajstić information content (AvgIpc) is 2.18. The molecule has 0 radical (unpaired) electrons. The molecule has 4 heteroatoms. The Morgan fingerprint density at radius 2 is 2.07 bits per heavy atom. The molecule has 82 valence electrons. The number of halogens is 2. The molecule has 0 spiro atoms. The molecule has 0 bridgehead atoms. The Hall–Kier alpha value is -0.540. The number of hydrogen-bond donors (Lipinski definition) is 1. The zero-order valence-corrected chi connectivity index (χ0v) is 10.8. The SMILES string of the molecule is C[C@@H](NC(=O)CCBr)c1ccc(Cl)cc1. The summed E-state index contributed by atoms with van der Waals surface area (Å²) in [5.41, 5.74) is 1.06. The first-order chi connectivity index (χ1) is 7.13. The van der Waals surface area contributed by atoms with Crippen molar-refractivity contribution in [3.05, 3.63) is 34.9 Å². The fourth-order valence-electron chi connectivity index (χ4n) is 1.23. The molecular weight excluding hydrogens is 277 g/mol. The maximum absolute atomic E-state index is 11.3. The summed E-state index contributed by atoms with van der Waals surface area (Å²) in [6.07, 6.45) is 0.498. The zero-order chi connectivity index (χ0) is 11.3. The van der Waals surface area contributed by atoms with E-state index in [2.05, 4.69) is 21.2 Å². The molecule has 0 unspecified atom stereocenters. The minimum atomic E-state index is 0.0221. The third kappa shape index (κ3) is 4.22. The average molecular weight is 291 g/mol. The third-order valence-electron chi connectivity index (χ3n) is 2.07. The summed E-state index contributed by atoms with van der Waals surface area (Å²) < 4.78 is 0.